The fourth-order valence-corrected chi connectivity index (χ4v) is 3.18. The van der Waals surface area contributed by atoms with Crippen molar-refractivity contribution in [2.75, 3.05) is 6.54 Å². The van der Waals surface area contributed by atoms with Crippen LogP contribution in [-0.2, 0) is 24.4 Å². The number of carbonyl (C=O) groups is 1. The second-order valence-electron chi connectivity index (χ2n) is 7.19. The van der Waals surface area contributed by atoms with E-state index in [9.17, 15) is 13.6 Å². The summed E-state index contributed by atoms with van der Waals surface area (Å²) in [4.78, 5) is 15.6. The van der Waals surface area contributed by atoms with Gasteiger partial charge < -0.3 is 20.0 Å². The van der Waals surface area contributed by atoms with Crippen LogP contribution in [0.15, 0.2) is 55.0 Å². The van der Waals surface area contributed by atoms with Gasteiger partial charge in [-0.1, -0.05) is 12.1 Å². The van der Waals surface area contributed by atoms with Crippen molar-refractivity contribution in [2.24, 2.45) is 0 Å². The van der Waals surface area contributed by atoms with Crippen LogP contribution in [0, 0.1) is 23.0 Å². The quantitative estimate of drug-likeness (QED) is 0.366. The van der Waals surface area contributed by atoms with Gasteiger partial charge in [-0.3, -0.25) is 0 Å². The zero-order chi connectivity index (χ0) is 22.1. The van der Waals surface area contributed by atoms with E-state index in [1.54, 1.807) is 24.7 Å². The summed E-state index contributed by atoms with van der Waals surface area (Å²) >= 11 is 0. The predicted molar refractivity (Wildman–Crippen MR) is 112 cm³/mol. The van der Waals surface area contributed by atoms with E-state index in [4.69, 9.17) is 5.26 Å². The van der Waals surface area contributed by atoms with Crippen molar-refractivity contribution in [3.63, 3.8) is 0 Å². The van der Waals surface area contributed by atoms with Crippen LogP contribution in [0.4, 0.5) is 8.78 Å². The molecule has 2 N–H and O–H groups in total. The van der Waals surface area contributed by atoms with Crippen molar-refractivity contribution >= 4 is 6.29 Å². The lowest BCUT2D eigenvalue weighted by Crippen LogP contribution is -2.34. The maximum Gasteiger partial charge on any atom is 0.136 e. The smallest absolute Gasteiger partial charge is 0.136 e. The molecule has 2 aromatic carbocycles. The average Bonchev–Trinajstić information content (AvgIpc) is 3.20. The van der Waals surface area contributed by atoms with E-state index in [1.165, 1.54) is 12.1 Å². The number of nitrogens with one attached hydrogen (secondary N) is 2. The number of aromatic nitrogens is 2. The fraction of sp³-hybridized carbons (Fsp3) is 0.261. The first-order valence-electron chi connectivity index (χ1n) is 9.90. The first-order valence-corrected chi connectivity index (χ1v) is 9.90. The number of rotatable bonds is 11. The van der Waals surface area contributed by atoms with Crippen LogP contribution < -0.4 is 10.6 Å². The van der Waals surface area contributed by atoms with E-state index in [2.05, 4.69) is 21.7 Å². The Balaban J connectivity index is 1.45. The second kappa shape index (κ2) is 11.1. The Labute approximate surface area is 179 Å². The van der Waals surface area contributed by atoms with Crippen LogP contribution in [0.5, 0.6) is 0 Å². The molecule has 0 unspecified atom stereocenters. The lowest BCUT2D eigenvalue weighted by molar-refractivity contribution is -0.109. The van der Waals surface area contributed by atoms with Crippen LogP contribution in [0.25, 0.3) is 0 Å². The first kappa shape index (κ1) is 22.3. The van der Waals surface area contributed by atoms with Gasteiger partial charge in [0.1, 0.15) is 17.9 Å². The Kier molecular flexibility index (Phi) is 7.98. The van der Waals surface area contributed by atoms with Crippen LogP contribution >= 0.6 is 0 Å². The molecule has 0 spiro atoms. The van der Waals surface area contributed by atoms with Crippen molar-refractivity contribution in [3.8, 4) is 6.07 Å². The highest BCUT2D eigenvalue weighted by Crippen LogP contribution is 2.09. The summed E-state index contributed by atoms with van der Waals surface area (Å²) in [6.45, 7) is 1.91. The van der Waals surface area contributed by atoms with Crippen LogP contribution in [0.3, 0.4) is 0 Å². The van der Waals surface area contributed by atoms with Crippen molar-refractivity contribution in [2.45, 2.75) is 32.1 Å². The molecule has 0 bridgehead atoms. The number of nitriles is 1. The Hall–Kier alpha value is -3.41. The Bertz CT molecular complexity index is 1020. The Morgan fingerprint density at radius 1 is 1.10 bits per heavy atom. The third-order valence-corrected chi connectivity index (χ3v) is 4.83. The maximum absolute atomic E-state index is 13.2. The first-order chi connectivity index (χ1) is 15.1. The molecule has 0 fully saturated rings. The van der Waals surface area contributed by atoms with Gasteiger partial charge in [0.15, 0.2) is 0 Å². The molecule has 0 amide bonds. The predicted octanol–water partition coefficient (Wildman–Crippen LogP) is 2.92. The van der Waals surface area contributed by atoms with E-state index in [-0.39, 0.29) is 6.04 Å². The highest BCUT2D eigenvalue weighted by Gasteiger charge is 2.09. The van der Waals surface area contributed by atoms with Gasteiger partial charge in [0.05, 0.1) is 29.7 Å². The molecule has 6 nitrogen and oxygen atoms in total. The summed E-state index contributed by atoms with van der Waals surface area (Å²) in [5, 5.41) is 15.2. The van der Waals surface area contributed by atoms with Crippen LogP contribution in [-0.4, -0.2) is 28.4 Å². The van der Waals surface area contributed by atoms with Crippen molar-refractivity contribution in [1.29, 1.82) is 5.26 Å². The molecule has 0 aliphatic rings. The average molecular weight is 423 g/mol. The normalized spacial score (nSPS) is 11.8. The molecule has 0 saturated heterocycles. The molecular formula is C23H23F2N5O. The lowest BCUT2D eigenvalue weighted by atomic mass is 10.1. The number of hydrogen-bond acceptors (Lipinski definition) is 5. The van der Waals surface area contributed by atoms with E-state index < -0.39 is 11.6 Å². The Morgan fingerprint density at radius 3 is 2.52 bits per heavy atom. The van der Waals surface area contributed by atoms with E-state index in [1.807, 2.05) is 16.7 Å². The largest absolute Gasteiger partial charge is 0.329 e. The molecule has 1 atom stereocenters. The summed E-state index contributed by atoms with van der Waals surface area (Å²) in [6, 6.07) is 12.5. The molecule has 0 radical (unpaired) electrons. The van der Waals surface area contributed by atoms with Gasteiger partial charge in [-0.25, -0.2) is 13.8 Å². The SMILES string of the molecule is N#Cc1ccc(Cn2cncc2CN[C@@H](C=O)CCNCc2cc(F)cc(F)c2)cc1. The molecule has 8 heteroatoms. The standard InChI is InChI=1S/C23H23F2N5O/c24-20-7-19(8-21(25)9-20)11-27-6-5-22(15-31)29-13-23-12-28-16-30(23)14-18-3-1-17(10-26)2-4-18/h1-4,7-9,12,15-16,22,27,29H,5-6,11,13-14H2/t22-/m1/s1. The molecule has 31 heavy (non-hydrogen) atoms. The van der Waals surface area contributed by atoms with Crippen molar-refractivity contribution in [1.82, 2.24) is 20.2 Å². The summed E-state index contributed by atoms with van der Waals surface area (Å²) in [5.74, 6) is -1.22. The van der Waals surface area contributed by atoms with Gasteiger partial charge >= 0.3 is 0 Å². The number of carbonyl (C=O) groups excluding carboxylic acids is 1. The lowest BCUT2D eigenvalue weighted by Gasteiger charge is -2.15. The summed E-state index contributed by atoms with van der Waals surface area (Å²) in [5.41, 5.74) is 3.10. The third-order valence-electron chi connectivity index (χ3n) is 4.83. The minimum atomic E-state index is -0.609. The third kappa shape index (κ3) is 6.81. The molecule has 0 saturated carbocycles. The molecule has 1 heterocycles. The van der Waals surface area contributed by atoms with Gasteiger partial charge in [0.2, 0.25) is 0 Å². The number of aldehydes is 1. The van der Waals surface area contributed by atoms with Crippen LogP contribution in [0.1, 0.15) is 28.8 Å². The van der Waals surface area contributed by atoms with Gasteiger partial charge in [0.25, 0.3) is 0 Å². The highest BCUT2D eigenvalue weighted by atomic mass is 19.1. The molecule has 3 rings (SSSR count). The number of halogens is 2. The number of hydrogen-bond donors (Lipinski definition) is 2. The molecule has 0 aliphatic carbocycles. The molecule has 160 valence electrons. The van der Waals surface area contributed by atoms with Gasteiger partial charge in [-0.05, 0) is 48.4 Å². The summed E-state index contributed by atoms with van der Waals surface area (Å²) < 4.78 is 28.4. The fourth-order valence-electron chi connectivity index (χ4n) is 3.18. The number of nitrogens with zero attached hydrogens (tertiary/aromatic N) is 3. The monoisotopic (exact) mass is 423 g/mol. The number of benzene rings is 2. The number of imidazole rings is 1. The van der Waals surface area contributed by atoms with Gasteiger partial charge in [-0.2, -0.15) is 5.26 Å². The van der Waals surface area contributed by atoms with Gasteiger partial charge in [0, 0.05) is 31.9 Å². The van der Waals surface area contributed by atoms with Crippen LogP contribution in [0.2, 0.25) is 0 Å². The minimum Gasteiger partial charge on any atom is -0.329 e. The minimum absolute atomic E-state index is 0.317. The van der Waals surface area contributed by atoms with E-state index in [0.717, 1.165) is 23.6 Å². The van der Waals surface area contributed by atoms with E-state index >= 15 is 0 Å². The van der Waals surface area contributed by atoms with Crippen molar-refractivity contribution < 1.29 is 13.6 Å². The summed E-state index contributed by atoms with van der Waals surface area (Å²) in [7, 11) is 0. The van der Waals surface area contributed by atoms with Gasteiger partial charge in [-0.15, -0.1) is 0 Å². The zero-order valence-corrected chi connectivity index (χ0v) is 16.9. The topological polar surface area (TPSA) is 82.7 Å². The summed E-state index contributed by atoms with van der Waals surface area (Å²) in [6.07, 6.45) is 4.86. The van der Waals surface area contributed by atoms with E-state index in [0.29, 0.717) is 43.7 Å². The Morgan fingerprint density at radius 2 is 1.84 bits per heavy atom. The molecule has 3 aromatic rings. The highest BCUT2D eigenvalue weighted by molar-refractivity contribution is 5.57. The molecule has 0 aliphatic heterocycles. The zero-order valence-electron chi connectivity index (χ0n) is 16.9. The second-order valence-corrected chi connectivity index (χ2v) is 7.19. The maximum atomic E-state index is 13.2. The van der Waals surface area contributed by atoms with Crippen molar-refractivity contribution in [3.05, 3.63) is 89.0 Å². The molecular weight excluding hydrogens is 400 g/mol. The molecule has 1 aromatic heterocycles.